The molecule has 0 N–H and O–H groups in total. The highest BCUT2D eigenvalue weighted by atomic mass is 16.2. The first-order chi connectivity index (χ1) is 35.2. The second kappa shape index (κ2) is 11.7. The average Bonchev–Trinajstić information content (AvgIpc) is 4.25. The van der Waals surface area contributed by atoms with E-state index in [4.69, 9.17) is 0 Å². The minimum absolute atomic E-state index is 0.235. The maximum atomic E-state index is 15.2. The lowest BCUT2D eigenvalue weighted by Crippen LogP contribution is -2.66. The second-order valence-corrected chi connectivity index (χ2v) is 21.5. The first-order valence-electron chi connectivity index (χ1n) is 23.9. The lowest BCUT2D eigenvalue weighted by atomic mass is 10.2. The van der Waals surface area contributed by atoms with E-state index in [0.717, 1.165) is 0 Å². The molecule has 73 heavy (non-hydrogen) atoms. The minimum Gasteiger partial charge on any atom is -0.303 e. The van der Waals surface area contributed by atoms with Gasteiger partial charge in [-0.1, -0.05) is 0 Å². The molecule has 12 bridgehead atoms. The third-order valence-electron chi connectivity index (χ3n) is 18.7. The number of carbonyl (C=O) groups excluding carboxylic acids is 12. The summed E-state index contributed by atoms with van der Waals surface area (Å²) in [6.07, 6.45) is -13.3. The summed E-state index contributed by atoms with van der Waals surface area (Å²) < 4.78 is 0. The van der Waals surface area contributed by atoms with Crippen molar-refractivity contribution in [2.75, 3.05) is 87.1 Å². The van der Waals surface area contributed by atoms with Crippen LogP contribution in [-0.2, 0) is 4.79 Å². The maximum Gasteiger partial charge on any atom is 0.326 e. The standard InChI is InChI=1S/C37H40N24O12/c1-38-2-40-17-19-46(27(40)63)6-50-21-23-54(32(50)68)10-58-25-26-59(36(58)72)11-55-24-22-51(33(55)69)7-47-20-18-41(28(47)64)3-39(14-62)16-15(38)42-4-44(17)30(66)48(19)8-52(21)34(70)56(23)12-60(25)37(73)61(26)13-57(24)35(71)53(22)9-49(20)31(67)45(18)5-43(16)29(42)65/h14-26H,2-13H2,1H3/t15-,16+,17+,18-,19?,20+,21?,22?,23?,24?,25?,26?/m1/s1. The van der Waals surface area contributed by atoms with E-state index in [-0.39, 0.29) is 6.67 Å². The molecule has 7 unspecified atom stereocenters. The van der Waals surface area contributed by atoms with E-state index in [9.17, 15) is 4.79 Å². The van der Waals surface area contributed by atoms with E-state index in [2.05, 4.69) is 0 Å². The molecule has 0 saturated carbocycles. The molecule has 0 aromatic heterocycles. The number of hydrogen-bond acceptors (Lipinski definition) is 13. The van der Waals surface area contributed by atoms with Crippen molar-refractivity contribution in [2.24, 2.45) is 0 Å². The van der Waals surface area contributed by atoms with Gasteiger partial charge in [-0.2, -0.15) is 0 Å². The van der Waals surface area contributed by atoms with Gasteiger partial charge >= 0.3 is 66.3 Å². The van der Waals surface area contributed by atoms with Crippen LogP contribution >= 0.6 is 0 Å². The third-order valence-corrected chi connectivity index (χ3v) is 18.7. The van der Waals surface area contributed by atoms with E-state index in [0.29, 0.717) is 6.41 Å². The smallest absolute Gasteiger partial charge is 0.303 e. The largest absolute Gasteiger partial charge is 0.326 e. The molecule has 0 spiro atoms. The van der Waals surface area contributed by atoms with Gasteiger partial charge in [0.25, 0.3) is 0 Å². The van der Waals surface area contributed by atoms with Gasteiger partial charge in [-0.05, 0) is 7.05 Å². The molecule has 18 aliphatic rings. The first-order valence-corrected chi connectivity index (χ1v) is 23.9. The molecule has 18 rings (SSSR count). The van der Waals surface area contributed by atoms with Crippen molar-refractivity contribution in [3.05, 3.63) is 0 Å². The van der Waals surface area contributed by atoms with Crippen LogP contribution in [-0.4, -0.2) is 351 Å². The third kappa shape index (κ3) is 3.84. The van der Waals surface area contributed by atoms with E-state index in [1.807, 2.05) is 0 Å². The van der Waals surface area contributed by atoms with E-state index < -0.39 is 214 Å². The van der Waals surface area contributed by atoms with Crippen molar-refractivity contribution in [1.82, 2.24) is 118 Å². The Bertz CT molecular complexity index is 2920. The summed E-state index contributed by atoms with van der Waals surface area (Å²) in [6, 6.07) is -7.20. The minimum atomic E-state index is -1.24. The number of nitrogens with zero attached hydrogens (tertiary/aromatic N) is 24. The lowest BCUT2D eigenvalue weighted by molar-refractivity contribution is -0.134. The zero-order valence-electron chi connectivity index (χ0n) is 38.1. The fraction of sp³-hybridized carbons (Fsp3) is 0.676. The van der Waals surface area contributed by atoms with Crippen molar-refractivity contribution in [1.29, 1.82) is 0 Å². The second-order valence-electron chi connectivity index (χ2n) is 21.5. The van der Waals surface area contributed by atoms with E-state index in [1.165, 1.54) is 113 Å². The monoisotopic (exact) mass is 1010 g/mol. The molecule has 18 fully saturated rings. The Morgan fingerprint density at radius 2 is 0.384 bits per heavy atom. The highest BCUT2D eigenvalue weighted by molar-refractivity contribution is 5.94. The van der Waals surface area contributed by atoms with Crippen LogP contribution < -0.4 is 0 Å². The van der Waals surface area contributed by atoms with Crippen LogP contribution in [0.3, 0.4) is 0 Å². The normalized spacial score (nSPS) is 39.7. The summed E-state index contributed by atoms with van der Waals surface area (Å²) in [6.45, 7) is -5.25. The van der Waals surface area contributed by atoms with Crippen LogP contribution in [0.5, 0.6) is 0 Å². The van der Waals surface area contributed by atoms with Crippen LogP contribution in [0.25, 0.3) is 0 Å². The highest BCUT2D eigenvalue weighted by Gasteiger charge is 2.74. The van der Waals surface area contributed by atoms with Crippen LogP contribution in [0.1, 0.15) is 0 Å². The lowest BCUT2D eigenvalue weighted by Gasteiger charge is -2.46. The number of rotatable bonds is 1. The molecule has 18 heterocycles. The molecular weight excluding hydrogens is 973 g/mol. The van der Waals surface area contributed by atoms with Gasteiger partial charge in [0, 0.05) is 0 Å². The summed E-state index contributed by atoms with van der Waals surface area (Å²) >= 11 is 0. The Kier molecular flexibility index (Phi) is 6.25. The molecular formula is C37H40N24O12. The SMILES string of the molecule is CN1CN2C(=O)N3CN4C(=O)N5CN6C(=O)N7CN8C(=O)N9CN%10C(=O)N%11CN(C=O)[C@@H]%12[C@H]1N1CN%13C(=O)N(CN%14C(=O)N(CN%15C(=O)N(CN%16C(=O)N(CN%17C(=O)N(CN%12C1=O)[C@@H]%11[C@@H]%10%17)C9C8%16)C7C6%15)C5C4%14)C3[C@@H]2%13. The van der Waals surface area contributed by atoms with Gasteiger partial charge in [-0.3, -0.25) is 117 Å². The summed E-state index contributed by atoms with van der Waals surface area (Å²) in [7, 11) is 1.63. The van der Waals surface area contributed by atoms with Gasteiger partial charge < -0.3 is 4.90 Å². The molecule has 0 radical (unpaired) electrons. The molecule has 23 amide bonds. The molecule has 36 heteroatoms. The maximum absolute atomic E-state index is 15.2. The fourth-order valence-corrected chi connectivity index (χ4v) is 15.8. The van der Waals surface area contributed by atoms with Crippen molar-refractivity contribution in [3.63, 3.8) is 0 Å². The summed E-state index contributed by atoms with van der Waals surface area (Å²) in [5.74, 6) is 0. The predicted octanol–water partition coefficient (Wildman–Crippen LogP) is -6.01. The molecule has 12 atom stereocenters. The molecule has 0 aromatic rings. The van der Waals surface area contributed by atoms with E-state index in [1.54, 1.807) is 11.9 Å². The van der Waals surface area contributed by atoms with Crippen LogP contribution in [0.4, 0.5) is 52.7 Å². The topological polar surface area (TPSA) is 283 Å². The van der Waals surface area contributed by atoms with Gasteiger partial charge in [0.2, 0.25) is 6.41 Å². The average molecular weight is 1010 g/mol. The Balaban J connectivity index is 0.850. The Morgan fingerprint density at radius 3 is 0.575 bits per heavy atom. The zero-order valence-corrected chi connectivity index (χ0v) is 38.1. The summed E-state index contributed by atoms with van der Waals surface area (Å²) in [5.41, 5.74) is 0. The van der Waals surface area contributed by atoms with Gasteiger partial charge in [-0.25, -0.2) is 52.7 Å². The van der Waals surface area contributed by atoms with Gasteiger partial charge in [0.15, 0.2) is 61.7 Å². The first kappa shape index (κ1) is 39.1. The van der Waals surface area contributed by atoms with Gasteiger partial charge in [0.1, 0.15) is 85.7 Å². The quantitative estimate of drug-likeness (QED) is 0.222. The highest BCUT2D eigenvalue weighted by Crippen LogP contribution is 2.50. The molecule has 18 aliphatic heterocycles. The van der Waals surface area contributed by atoms with Crippen molar-refractivity contribution >= 4 is 72.8 Å². The van der Waals surface area contributed by atoms with Crippen LogP contribution in [0.2, 0.25) is 0 Å². The summed E-state index contributed by atoms with van der Waals surface area (Å²) in [5, 5.41) is 0. The Hall–Kier alpha value is -8.60. The van der Waals surface area contributed by atoms with Crippen molar-refractivity contribution in [2.45, 2.75) is 74.0 Å². The van der Waals surface area contributed by atoms with E-state index >= 15 is 52.7 Å². The Morgan fingerprint density at radius 1 is 0.233 bits per heavy atom. The predicted molar refractivity (Wildman–Crippen MR) is 219 cm³/mol. The number of carbonyl (C=O) groups is 12. The molecule has 18 saturated heterocycles. The molecule has 0 aliphatic carbocycles. The molecule has 380 valence electrons. The van der Waals surface area contributed by atoms with Gasteiger partial charge in [0.05, 0.1) is 6.67 Å². The number of urea groups is 11. The molecule has 36 nitrogen and oxygen atoms in total. The number of hydrogen-bond donors (Lipinski definition) is 0. The molecule has 0 aromatic carbocycles. The van der Waals surface area contributed by atoms with Crippen molar-refractivity contribution < 1.29 is 57.5 Å². The van der Waals surface area contributed by atoms with Crippen LogP contribution in [0.15, 0.2) is 0 Å². The zero-order chi connectivity index (χ0) is 49.3. The van der Waals surface area contributed by atoms with Gasteiger partial charge in [-0.15, -0.1) is 0 Å². The number of amides is 23. The number of likely N-dealkylation sites (N-methyl/N-ethyl adjacent to an activating group) is 1. The van der Waals surface area contributed by atoms with Crippen LogP contribution in [0, 0.1) is 0 Å². The van der Waals surface area contributed by atoms with Crippen molar-refractivity contribution in [3.8, 4) is 0 Å². The fourth-order valence-electron chi connectivity index (χ4n) is 15.8. The Labute approximate surface area is 408 Å². The summed E-state index contributed by atoms with van der Waals surface area (Å²) in [4.78, 5) is 212. The number of fused-ring (bicyclic) bond motifs is 1.